The van der Waals surface area contributed by atoms with E-state index in [9.17, 15) is 0 Å². The van der Waals surface area contributed by atoms with Gasteiger partial charge in [-0.15, -0.1) is 11.3 Å². The zero-order valence-corrected chi connectivity index (χ0v) is 14.5. The van der Waals surface area contributed by atoms with Crippen molar-refractivity contribution < 1.29 is 4.74 Å². The molecular formula is C16H29N3OS. The molecule has 1 N–H and O–H groups in total. The molecule has 0 amide bonds. The van der Waals surface area contributed by atoms with Gasteiger partial charge in [-0.2, -0.15) is 0 Å². The van der Waals surface area contributed by atoms with Crippen LogP contribution in [0.15, 0.2) is 0 Å². The first-order chi connectivity index (χ1) is 10.3. The Kier molecular flexibility index (Phi) is 6.93. The van der Waals surface area contributed by atoms with E-state index in [1.807, 2.05) is 11.3 Å². The lowest BCUT2D eigenvalue weighted by molar-refractivity contribution is 0.0929. The largest absolute Gasteiger partial charge is 0.377 e. The van der Waals surface area contributed by atoms with Crippen molar-refractivity contribution in [3.8, 4) is 0 Å². The van der Waals surface area contributed by atoms with Gasteiger partial charge < -0.3 is 15.0 Å². The highest BCUT2D eigenvalue weighted by molar-refractivity contribution is 7.15. The van der Waals surface area contributed by atoms with Crippen molar-refractivity contribution in [1.82, 2.24) is 10.3 Å². The van der Waals surface area contributed by atoms with E-state index >= 15 is 0 Å². The molecule has 0 bridgehead atoms. The number of hydrogen-bond acceptors (Lipinski definition) is 5. The van der Waals surface area contributed by atoms with Crippen LogP contribution in [0.25, 0.3) is 0 Å². The number of hydrogen-bond donors (Lipinski definition) is 1. The van der Waals surface area contributed by atoms with Gasteiger partial charge in [0.25, 0.3) is 0 Å². The van der Waals surface area contributed by atoms with E-state index in [1.165, 1.54) is 22.1 Å². The molecule has 1 aliphatic heterocycles. The zero-order chi connectivity index (χ0) is 15.1. The Labute approximate surface area is 132 Å². The Morgan fingerprint density at radius 3 is 2.90 bits per heavy atom. The van der Waals surface area contributed by atoms with Gasteiger partial charge in [0.15, 0.2) is 5.13 Å². The maximum atomic E-state index is 5.61. The molecule has 0 aliphatic carbocycles. The summed E-state index contributed by atoms with van der Waals surface area (Å²) in [5.41, 5.74) is 1.29. The molecule has 1 aromatic heterocycles. The molecule has 0 aromatic carbocycles. The summed E-state index contributed by atoms with van der Waals surface area (Å²) in [4.78, 5) is 8.82. The van der Waals surface area contributed by atoms with Crippen LogP contribution in [-0.2, 0) is 17.7 Å². The molecule has 1 saturated heterocycles. The molecule has 1 aliphatic rings. The smallest absolute Gasteiger partial charge is 0.186 e. The minimum absolute atomic E-state index is 0.482. The Bertz CT molecular complexity index is 422. The molecule has 1 atom stereocenters. The summed E-state index contributed by atoms with van der Waals surface area (Å²) in [7, 11) is 0. The standard InChI is InChI=1S/C16H29N3OS/c1-4-7-14-15(11-17-8-5-2)21-16(18-14)19-9-10-20-12-13(19)6-3/h13,17H,4-12H2,1-3H3. The molecule has 0 radical (unpaired) electrons. The fraction of sp³-hybridized carbons (Fsp3) is 0.812. The van der Waals surface area contributed by atoms with Gasteiger partial charge in [-0.25, -0.2) is 4.98 Å². The number of nitrogens with one attached hydrogen (secondary N) is 1. The first-order valence-electron chi connectivity index (χ1n) is 8.33. The van der Waals surface area contributed by atoms with Gasteiger partial charge in [0.2, 0.25) is 0 Å². The third-order valence-corrected chi connectivity index (χ3v) is 5.05. The first kappa shape index (κ1) is 16.7. The number of rotatable bonds is 8. The van der Waals surface area contributed by atoms with Crippen LogP contribution < -0.4 is 10.2 Å². The van der Waals surface area contributed by atoms with Crippen molar-refractivity contribution in [3.05, 3.63) is 10.6 Å². The van der Waals surface area contributed by atoms with Gasteiger partial charge in [0.05, 0.1) is 24.9 Å². The van der Waals surface area contributed by atoms with Crippen LogP contribution in [0, 0.1) is 0 Å². The van der Waals surface area contributed by atoms with E-state index in [-0.39, 0.29) is 0 Å². The van der Waals surface area contributed by atoms with Crippen LogP contribution in [-0.4, -0.2) is 37.3 Å². The zero-order valence-electron chi connectivity index (χ0n) is 13.7. The Morgan fingerprint density at radius 1 is 1.33 bits per heavy atom. The molecule has 120 valence electrons. The summed E-state index contributed by atoms with van der Waals surface area (Å²) in [5.74, 6) is 0. The number of ether oxygens (including phenoxy) is 1. The fourth-order valence-electron chi connectivity index (χ4n) is 2.69. The fourth-order valence-corrected chi connectivity index (χ4v) is 3.86. The van der Waals surface area contributed by atoms with Crippen molar-refractivity contribution in [3.63, 3.8) is 0 Å². The van der Waals surface area contributed by atoms with E-state index in [4.69, 9.17) is 9.72 Å². The average molecular weight is 311 g/mol. The third-order valence-electron chi connectivity index (χ3n) is 3.91. The summed E-state index contributed by atoms with van der Waals surface area (Å²) < 4.78 is 5.61. The second-order valence-electron chi connectivity index (χ2n) is 5.62. The molecule has 1 fully saturated rings. The predicted octanol–water partition coefficient (Wildman–Crippen LogP) is 3.21. The first-order valence-corrected chi connectivity index (χ1v) is 9.15. The number of nitrogens with zero attached hydrogens (tertiary/aromatic N) is 2. The minimum Gasteiger partial charge on any atom is -0.377 e. The topological polar surface area (TPSA) is 37.4 Å². The van der Waals surface area contributed by atoms with Gasteiger partial charge in [-0.3, -0.25) is 0 Å². The lowest BCUT2D eigenvalue weighted by Crippen LogP contribution is -2.45. The maximum Gasteiger partial charge on any atom is 0.186 e. The molecule has 0 saturated carbocycles. The number of aromatic nitrogens is 1. The summed E-state index contributed by atoms with van der Waals surface area (Å²) in [5, 5.41) is 4.72. The van der Waals surface area contributed by atoms with Crippen molar-refractivity contribution in [1.29, 1.82) is 0 Å². The van der Waals surface area contributed by atoms with Crippen molar-refractivity contribution in [2.45, 2.75) is 59.0 Å². The van der Waals surface area contributed by atoms with Gasteiger partial charge in [0, 0.05) is 18.0 Å². The van der Waals surface area contributed by atoms with Crippen LogP contribution in [0.3, 0.4) is 0 Å². The van der Waals surface area contributed by atoms with Crippen molar-refractivity contribution in [2.24, 2.45) is 0 Å². The van der Waals surface area contributed by atoms with Crippen LogP contribution in [0.2, 0.25) is 0 Å². The summed E-state index contributed by atoms with van der Waals surface area (Å²) in [6.45, 7) is 11.3. The van der Waals surface area contributed by atoms with E-state index in [2.05, 4.69) is 31.0 Å². The van der Waals surface area contributed by atoms with Crippen LogP contribution in [0.5, 0.6) is 0 Å². The maximum absolute atomic E-state index is 5.61. The van der Waals surface area contributed by atoms with Gasteiger partial charge in [-0.05, 0) is 25.8 Å². The van der Waals surface area contributed by atoms with E-state index in [0.29, 0.717) is 6.04 Å². The quantitative estimate of drug-likeness (QED) is 0.748. The number of morpholine rings is 1. The second kappa shape index (κ2) is 8.71. The SMILES string of the molecule is CCCNCc1sc(N2CCOCC2CC)nc1CCC. The highest BCUT2D eigenvalue weighted by Crippen LogP contribution is 2.30. The number of aryl methyl sites for hydroxylation is 1. The monoisotopic (exact) mass is 311 g/mol. The molecular weight excluding hydrogens is 282 g/mol. The van der Waals surface area contributed by atoms with Gasteiger partial charge in [0.1, 0.15) is 0 Å². The molecule has 2 rings (SSSR count). The van der Waals surface area contributed by atoms with Gasteiger partial charge >= 0.3 is 0 Å². The van der Waals surface area contributed by atoms with Crippen LogP contribution in [0.1, 0.15) is 50.6 Å². The molecule has 5 heteroatoms. The number of thiazole rings is 1. The van der Waals surface area contributed by atoms with Crippen molar-refractivity contribution >= 4 is 16.5 Å². The van der Waals surface area contributed by atoms with E-state index in [1.54, 1.807) is 0 Å². The third kappa shape index (κ3) is 4.41. The highest BCUT2D eigenvalue weighted by atomic mass is 32.1. The molecule has 2 heterocycles. The Balaban J connectivity index is 2.12. The molecule has 4 nitrogen and oxygen atoms in total. The molecule has 1 unspecified atom stereocenters. The summed E-state index contributed by atoms with van der Waals surface area (Å²) in [6, 6.07) is 0.482. The molecule has 1 aromatic rings. The van der Waals surface area contributed by atoms with Crippen LogP contribution in [0.4, 0.5) is 5.13 Å². The van der Waals surface area contributed by atoms with E-state index < -0.39 is 0 Å². The van der Waals surface area contributed by atoms with E-state index in [0.717, 1.165) is 52.1 Å². The molecule has 21 heavy (non-hydrogen) atoms. The predicted molar refractivity (Wildman–Crippen MR) is 90.4 cm³/mol. The normalized spacial score (nSPS) is 19.2. The van der Waals surface area contributed by atoms with Crippen molar-refractivity contribution in [2.75, 3.05) is 31.2 Å². The minimum atomic E-state index is 0.482. The summed E-state index contributed by atoms with van der Waals surface area (Å²) in [6.07, 6.45) is 4.54. The Hall–Kier alpha value is -0.650. The van der Waals surface area contributed by atoms with Crippen LogP contribution >= 0.6 is 11.3 Å². The van der Waals surface area contributed by atoms with Gasteiger partial charge in [-0.1, -0.05) is 27.2 Å². The lowest BCUT2D eigenvalue weighted by atomic mass is 10.2. The Morgan fingerprint density at radius 2 is 2.19 bits per heavy atom. The second-order valence-corrected chi connectivity index (χ2v) is 6.69. The average Bonchev–Trinajstić information content (AvgIpc) is 2.91. The highest BCUT2D eigenvalue weighted by Gasteiger charge is 2.25. The number of anilines is 1. The summed E-state index contributed by atoms with van der Waals surface area (Å²) >= 11 is 1.87. The molecule has 0 spiro atoms. The lowest BCUT2D eigenvalue weighted by Gasteiger charge is -2.34.